The first kappa shape index (κ1) is 23.3. The van der Waals surface area contributed by atoms with Gasteiger partial charge in [0, 0.05) is 37.4 Å². The lowest BCUT2D eigenvalue weighted by molar-refractivity contribution is 0.0984. The molecule has 2 aliphatic heterocycles. The summed E-state index contributed by atoms with van der Waals surface area (Å²) >= 11 is 0. The predicted octanol–water partition coefficient (Wildman–Crippen LogP) is 4.79. The molecule has 0 spiro atoms. The number of para-hydroxylation sites is 1. The molecule has 8 nitrogen and oxygen atoms in total. The summed E-state index contributed by atoms with van der Waals surface area (Å²) in [5, 5.41) is 14.7. The summed E-state index contributed by atoms with van der Waals surface area (Å²) in [6.07, 6.45) is 12.1. The van der Waals surface area contributed by atoms with Crippen LogP contribution in [0, 0.1) is 5.92 Å². The molecule has 3 heterocycles. The fourth-order valence-corrected chi connectivity index (χ4v) is 6.55. The van der Waals surface area contributed by atoms with Crippen LogP contribution < -0.4 is 4.90 Å². The predicted molar refractivity (Wildman–Crippen MR) is 132 cm³/mol. The maximum Gasteiger partial charge on any atom is 0.325 e. The largest absolute Gasteiger partial charge is 0.325 e. The Balaban J connectivity index is 1.29. The fraction of sp³-hybridized carbons (Fsp3) is 0.692. The van der Waals surface area contributed by atoms with E-state index in [-0.39, 0.29) is 18.1 Å². The highest BCUT2D eigenvalue weighted by Gasteiger charge is 2.39. The molecular weight excluding hydrogens is 426 g/mol. The summed E-state index contributed by atoms with van der Waals surface area (Å²) in [6.45, 7) is 5.22. The van der Waals surface area contributed by atoms with Gasteiger partial charge >= 0.3 is 6.03 Å². The Morgan fingerprint density at radius 1 is 1.06 bits per heavy atom. The summed E-state index contributed by atoms with van der Waals surface area (Å²) < 4.78 is 0. The Kier molecular flexibility index (Phi) is 7.42. The van der Waals surface area contributed by atoms with E-state index in [0.29, 0.717) is 5.82 Å². The summed E-state index contributed by atoms with van der Waals surface area (Å²) in [5.74, 6) is 1.52. The van der Waals surface area contributed by atoms with Crippen LogP contribution in [0.25, 0.3) is 0 Å². The number of aromatic amines is 1. The third-order valence-electron chi connectivity index (χ3n) is 8.23. The highest BCUT2D eigenvalue weighted by Crippen LogP contribution is 2.35. The van der Waals surface area contributed by atoms with Crippen LogP contribution in [0.15, 0.2) is 30.3 Å². The number of nitrogens with zero attached hydrogens (tertiary/aromatic N) is 6. The molecule has 0 unspecified atom stereocenters. The van der Waals surface area contributed by atoms with Gasteiger partial charge in [-0.05, 0) is 56.6 Å². The van der Waals surface area contributed by atoms with Crippen molar-refractivity contribution in [2.24, 2.45) is 5.92 Å². The van der Waals surface area contributed by atoms with E-state index in [9.17, 15) is 4.79 Å². The summed E-state index contributed by atoms with van der Waals surface area (Å²) in [6, 6.07) is 11.1. The van der Waals surface area contributed by atoms with E-state index in [1.165, 1.54) is 38.5 Å². The van der Waals surface area contributed by atoms with E-state index < -0.39 is 0 Å². The van der Waals surface area contributed by atoms with Gasteiger partial charge in [0.2, 0.25) is 0 Å². The molecule has 5 rings (SSSR count). The molecule has 2 saturated heterocycles. The second kappa shape index (κ2) is 10.8. The van der Waals surface area contributed by atoms with Crippen LogP contribution in [0.4, 0.5) is 10.5 Å². The molecule has 1 aromatic carbocycles. The Morgan fingerprint density at radius 2 is 1.88 bits per heavy atom. The maximum atomic E-state index is 14.0. The Morgan fingerprint density at radius 3 is 2.62 bits per heavy atom. The molecule has 8 heteroatoms. The van der Waals surface area contributed by atoms with Crippen LogP contribution in [0.1, 0.15) is 83.0 Å². The van der Waals surface area contributed by atoms with Crippen LogP contribution >= 0.6 is 0 Å². The SMILES string of the molecule is CCC[C@@H]1CCC[C@@H](N2CCC(N(C(=O)N3CCC[C@H]3c3nn[nH]n3)c3ccccc3)CC2)C1. The summed E-state index contributed by atoms with van der Waals surface area (Å²) in [7, 11) is 0. The van der Waals surface area contributed by atoms with Crippen molar-refractivity contribution in [3.63, 3.8) is 0 Å². The van der Waals surface area contributed by atoms with Gasteiger partial charge in [-0.3, -0.25) is 4.90 Å². The molecule has 3 fully saturated rings. The van der Waals surface area contributed by atoms with Crippen molar-refractivity contribution in [1.29, 1.82) is 0 Å². The Bertz CT molecular complexity index is 895. The van der Waals surface area contributed by atoms with Gasteiger partial charge in [0.25, 0.3) is 0 Å². The molecule has 34 heavy (non-hydrogen) atoms. The van der Waals surface area contributed by atoms with Gasteiger partial charge in [-0.15, -0.1) is 10.2 Å². The highest BCUT2D eigenvalue weighted by molar-refractivity contribution is 5.93. The maximum absolute atomic E-state index is 14.0. The van der Waals surface area contributed by atoms with E-state index in [4.69, 9.17) is 0 Å². The number of tetrazole rings is 1. The molecule has 1 aliphatic carbocycles. The number of aromatic nitrogens is 4. The van der Waals surface area contributed by atoms with Gasteiger partial charge < -0.3 is 9.80 Å². The molecule has 2 amide bonds. The number of benzene rings is 1. The minimum Gasteiger partial charge on any atom is -0.314 e. The average molecular weight is 466 g/mol. The first-order valence-electron chi connectivity index (χ1n) is 13.4. The van der Waals surface area contributed by atoms with Crippen molar-refractivity contribution in [1.82, 2.24) is 30.4 Å². The van der Waals surface area contributed by atoms with Crippen molar-refractivity contribution >= 4 is 11.7 Å². The number of urea groups is 1. The van der Waals surface area contributed by atoms with Crippen LogP contribution in [0.3, 0.4) is 0 Å². The molecule has 3 aliphatic rings. The number of hydrogen-bond donors (Lipinski definition) is 1. The van der Waals surface area contributed by atoms with E-state index in [2.05, 4.69) is 49.5 Å². The summed E-state index contributed by atoms with van der Waals surface area (Å²) in [4.78, 5) is 20.8. The Labute approximate surface area is 203 Å². The molecule has 0 radical (unpaired) electrons. The van der Waals surface area contributed by atoms with E-state index in [1.807, 2.05) is 23.1 Å². The lowest BCUT2D eigenvalue weighted by Crippen LogP contribution is -2.53. The molecule has 1 aromatic heterocycles. The van der Waals surface area contributed by atoms with Gasteiger partial charge in [0.15, 0.2) is 5.82 Å². The first-order valence-corrected chi connectivity index (χ1v) is 13.4. The fourth-order valence-electron chi connectivity index (χ4n) is 6.55. The van der Waals surface area contributed by atoms with Gasteiger partial charge in [0.05, 0.1) is 6.04 Å². The number of carbonyl (C=O) groups is 1. The van der Waals surface area contributed by atoms with Gasteiger partial charge in [-0.25, -0.2) is 4.79 Å². The number of rotatable bonds is 6. The standard InChI is InChI=1S/C26H39N7O/c1-2-8-20-9-6-12-23(19-20)31-17-14-22(15-18-31)33(21-10-4-3-5-11-21)26(34)32-16-7-13-24(32)25-27-29-30-28-25/h3-5,10-11,20,22-24H,2,6-9,12-19H2,1H3,(H,27,28,29,30)/t20-,23-,24+/m1/s1. The van der Waals surface area contributed by atoms with Gasteiger partial charge in [-0.1, -0.05) is 56.0 Å². The summed E-state index contributed by atoms with van der Waals surface area (Å²) in [5.41, 5.74) is 0.991. The van der Waals surface area contributed by atoms with Gasteiger partial charge in [0.1, 0.15) is 0 Å². The molecule has 1 N–H and O–H groups in total. The van der Waals surface area contributed by atoms with Crippen LogP contribution in [-0.2, 0) is 0 Å². The third-order valence-corrected chi connectivity index (χ3v) is 8.23. The lowest BCUT2D eigenvalue weighted by Gasteiger charge is -2.44. The van der Waals surface area contributed by atoms with Crippen molar-refractivity contribution < 1.29 is 4.79 Å². The number of H-pyrrole nitrogens is 1. The molecule has 2 aromatic rings. The number of hydrogen-bond acceptors (Lipinski definition) is 5. The lowest BCUT2D eigenvalue weighted by atomic mass is 9.82. The zero-order chi connectivity index (χ0) is 23.3. The van der Waals surface area contributed by atoms with E-state index in [1.54, 1.807) is 0 Å². The number of nitrogens with one attached hydrogen (secondary N) is 1. The molecule has 3 atom stereocenters. The normalized spacial score (nSPS) is 26.6. The van der Waals surface area contributed by atoms with E-state index in [0.717, 1.165) is 63.0 Å². The first-order chi connectivity index (χ1) is 16.7. The molecule has 0 bridgehead atoms. The molecule has 184 valence electrons. The minimum absolute atomic E-state index is 0.0811. The van der Waals surface area contributed by atoms with Gasteiger partial charge in [-0.2, -0.15) is 5.21 Å². The number of likely N-dealkylation sites (tertiary alicyclic amines) is 2. The van der Waals surface area contributed by atoms with Crippen molar-refractivity contribution in [2.75, 3.05) is 24.5 Å². The number of piperidine rings is 1. The van der Waals surface area contributed by atoms with E-state index >= 15 is 0 Å². The van der Waals surface area contributed by atoms with Crippen LogP contribution in [0.2, 0.25) is 0 Å². The minimum atomic E-state index is -0.102. The van der Waals surface area contributed by atoms with Crippen molar-refractivity contribution in [2.45, 2.75) is 89.3 Å². The Hall–Kier alpha value is -2.48. The zero-order valence-electron chi connectivity index (χ0n) is 20.5. The quantitative estimate of drug-likeness (QED) is 0.664. The number of carbonyl (C=O) groups excluding carboxylic acids is 1. The second-order valence-corrected chi connectivity index (χ2v) is 10.4. The number of amides is 2. The topological polar surface area (TPSA) is 81.2 Å². The molecule has 1 saturated carbocycles. The highest BCUT2D eigenvalue weighted by atomic mass is 16.2. The van der Waals surface area contributed by atoms with Crippen molar-refractivity contribution in [3.8, 4) is 0 Å². The average Bonchev–Trinajstić information content (AvgIpc) is 3.58. The van der Waals surface area contributed by atoms with Crippen molar-refractivity contribution in [3.05, 3.63) is 36.2 Å². The van der Waals surface area contributed by atoms with Crippen LogP contribution in [-0.4, -0.2) is 68.2 Å². The third kappa shape index (κ3) is 4.97. The van der Waals surface area contributed by atoms with Crippen LogP contribution in [0.5, 0.6) is 0 Å². The second-order valence-electron chi connectivity index (χ2n) is 10.4. The molecular formula is C26H39N7O. The zero-order valence-corrected chi connectivity index (χ0v) is 20.5. The number of anilines is 1. The smallest absolute Gasteiger partial charge is 0.314 e. The monoisotopic (exact) mass is 465 g/mol.